The number of hydrogen-bond acceptors (Lipinski definition) is 4. The molecule has 2 rings (SSSR count). The average molecular weight is 354 g/mol. The van der Waals surface area contributed by atoms with Crippen molar-refractivity contribution in [2.45, 2.75) is 11.4 Å². The molecule has 2 aromatic carbocycles. The number of nitrogens with one attached hydrogen (secondary N) is 1. The third-order valence-corrected chi connectivity index (χ3v) is 4.68. The molecule has 0 aliphatic carbocycles. The molecule has 0 fully saturated rings. The molecule has 122 valence electrons. The predicted octanol–water partition coefficient (Wildman–Crippen LogP) is 2.68. The number of ether oxygens (including phenoxy) is 1. The lowest BCUT2D eigenvalue weighted by molar-refractivity contribution is 0.0950. The van der Waals surface area contributed by atoms with Gasteiger partial charge >= 0.3 is 0 Å². The Balaban J connectivity index is 2.21. The van der Waals surface area contributed by atoms with Gasteiger partial charge in [-0.2, -0.15) is 0 Å². The van der Waals surface area contributed by atoms with Gasteiger partial charge in [0, 0.05) is 18.4 Å². The number of benzene rings is 2. The molecule has 0 aliphatic heterocycles. The molecule has 0 saturated carbocycles. The van der Waals surface area contributed by atoms with Crippen LogP contribution < -0.4 is 10.1 Å². The summed E-state index contributed by atoms with van der Waals surface area (Å²) >= 11 is 6.00. The highest BCUT2D eigenvalue weighted by atomic mass is 35.5. The van der Waals surface area contributed by atoms with Gasteiger partial charge in [0.05, 0.1) is 22.6 Å². The summed E-state index contributed by atoms with van der Waals surface area (Å²) in [5.41, 5.74) is 0.920. The van der Waals surface area contributed by atoms with Gasteiger partial charge in [0.2, 0.25) is 0 Å². The Bertz CT molecular complexity index is 834. The van der Waals surface area contributed by atoms with Crippen LogP contribution in [0.4, 0.5) is 0 Å². The quantitative estimate of drug-likeness (QED) is 0.897. The predicted molar refractivity (Wildman–Crippen MR) is 88.7 cm³/mol. The van der Waals surface area contributed by atoms with Crippen LogP contribution in [-0.2, 0) is 16.4 Å². The molecule has 1 N–H and O–H groups in total. The van der Waals surface area contributed by atoms with Gasteiger partial charge in [-0.1, -0.05) is 29.8 Å². The second-order valence-electron chi connectivity index (χ2n) is 4.91. The minimum Gasteiger partial charge on any atom is -0.496 e. The van der Waals surface area contributed by atoms with Crippen LogP contribution in [0, 0.1) is 0 Å². The van der Waals surface area contributed by atoms with Crippen LogP contribution in [0.2, 0.25) is 5.02 Å². The van der Waals surface area contributed by atoms with Crippen molar-refractivity contribution in [3.63, 3.8) is 0 Å². The molecular formula is C16H16ClNO4S. The fourth-order valence-electron chi connectivity index (χ4n) is 2.03. The Morgan fingerprint density at radius 3 is 2.57 bits per heavy atom. The van der Waals surface area contributed by atoms with Crippen molar-refractivity contribution in [2.75, 3.05) is 13.4 Å². The van der Waals surface area contributed by atoms with Crippen LogP contribution >= 0.6 is 11.6 Å². The molecule has 0 bridgehead atoms. The zero-order valence-corrected chi connectivity index (χ0v) is 14.2. The molecule has 0 aromatic heterocycles. The number of rotatable bonds is 5. The van der Waals surface area contributed by atoms with E-state index in [1.807, 2.05) is 18.2 Å². The third kappa shape index (κ3) is 4.24. The van der Waals surface area contributed by atoms with Crippen LogP contribution in [0.5, 0.6) is 5.75 Å². The molecule has 5 nitrogen and oxygen atoms in total. The van der Waals surface area contributed by atoms with Crippen LogP contribution in [-0.4, -0.2) is 27.7 Å². The van der Waals surface area contributed by atoms with Crippen LogP contribution in [0.3, 0.4) is 0 Å². The SMILES string of the molecule is COc1ccccc1CNC(=O)c1cc(S(C)(=O)=O)ccc1Cl. The van der Waals surface area contributed by atoms with Gasteiger partial charge in [-0.25, -0.2) is 8.42 Å². The number of para-hydroxylation sites is 1. The highest BCUT2D eigenvalue weighted by Crippen LogP contribution is 2.21. The second kappa shape index (κ2) is 7.02. The number of carbonyl (C=O) groups is 1. The highest BCUT2D eigenvalue weighted by molar-refractivity contribution is 7.90. The average Bonchev–Trinajstić information content (AvgIpc) is 2.52. The summed E-state index contributed by atoms with van der Waals surface area (Å²) < 4.78 is 28.4. The molecule has 1 amide bonds. The summed E-state index contributed by atoms with van der Waals surface area (Å²) in [5, 5.41) is 2.90. The van der Waals surface area contributed by atoms with E-state index in [0.717, 1.165) is 11.8 Å². The van der Waals surface area contributed by atoms with Gasteiger partial charge in [0.1, 0.15) is 5.75 Å². The Morgan fingerprint density at radius 1 is 1.22 bits per heavy atom. The first-order valence-electron chi connectivity index (χ1n) is 6.72. The maximum Gasteiger partial charge on any atom is 0.253 e. The molecule has 0 unspecified atom stereocenters. The first kappa shape index (κ1) is 17.3. The Kier molecular flexibility index (Phi) is 5.28. The van der Waals surface area contributed by atoms with Gasteiger partial charge in [0.15, 0.2) is 9.84 Å². The van der Waals surface area contributed by atoms with E-state index in [9.17, 15) is 13.2 Å². The molecular weight excluding hydrogens is 338 g/mol. The van der Waals surface area contributed by atoms with E-state index in [1.54, 1.807) is 13.2 Å². The van der Waals surface area contributed by atoms with Crippen LogP contribution in [0.1, 0.15) is 15.9 Å². The molecule has 0 aliphatic rings. The second-order valence-corrected chi connectivity index (χ2v) is 7.33. The maximum atomic E-state index is 12.3. The number of amides is 1. The summed E-state index contributed by atoms with van der Waals surface area (Å²) in [6.07, 6.45) is 1.08. The van der Waals surface area contributed by atoms with Gasteiger partial charge in [0.25, 0.3) is 5.91 Å². The van der Waals surface area contributed by atoms with E-state index in [2.05, 4.69) is 5.32 Å². The number of methoxy groups -OCH3 is 1. The largest absolute Gasteiger partial charge is 0.496 e. The summed E-state index contributed by atoms with van der Waals surface area (Å²) in [7, 11) is -1.86. The lowest BCUT2D eigenvalue weighted by Crippen LogP contribution is -2.23. The smallest absolute Gasteiger partial charge is 0.253 e. The van der Waals surface area contributed by atoms with E-state index in [-0.39, 0.29) is 22.0 Å². The minimum atomic E-state index is -3.41. The number of sulfone groups is 1. The summed E-state index contributed by atoms with van der Waals surface area (Å²) in [6, 6.07) is 11.3. The number of halogens is 1. The molecule has 0 atom stereocenters. The topological polar surface area (TPSA) is 72.5 Å². The molecule has 0 heterocycles. The lowest BCUT2D eigenvalue weighted by Gasteiger charge is -2.11. The van der Waals surface area contributed by atoms with E-state index in [1.165, 1.54) is 18.2 Å². The molecule has 0 spiro atoms. The number of carbonyl (C=O) groups excluding carboxylic acids is 1. The van der Waals surface area contributed by atoms with E-state index in [4.69, 9.17) is 16.3 Å². The summed E-state index contributed by atoms with van der Waals surface area (Å²) in [5.74, 6) is 0.204. The molecule has 0 radical (unpaired) electrons. The monoisotopic (exact) mass is 353 g/mol. The number of hydrogen-bond donors (Lipinski definition) is 1. The van der Waals surface area contributed by atoms with Crippen LogP contribution in [0.25, 0.3) is 0 Å². The zero-order valence-electron chi connectivity index (χ0n) is 12.7. The maximum absolute atomic E-state index is 12.3. The standard InChI is InChI=1S/C16H16ClNO4S/c1-22-15-6-4-3-5-11(15)10-18-16(19)13-9-12(23(2,20)21)7-8-14(13)17/h3-9H,10H2,1-2H3,(H,18,19). The Hall–Kier alpha value is -2.05. The van der Waals surface area contributed by atoms with Crippen molar-refractivity contribution in [1.29, 1.82) is 0 Å². The first-order valence-corrected chi connectivity index (χ1v) is 8.99. The van der Waals surface area contributed by atoms with E-state index >= 15 is 0 Å². The normalized spacial score (nSPS) is 11.1. The summed E-state index contributed by atoms with van der Waals surface area (Å²) in [4.78, 5) is 12.3. The molecule has 7 heteroatoms. The summed E-state index contributed by atoms with van der Waals surface area (Å²) in [6.45, 7) is 0.238. The Labute approximate surface area is 140 Å². The molecule has 23 heavy (non-hydrogen) atoms. The highest BCUT2D eigenvalue weighted by Gasteiger charge is 2.15. The van der Waals surface area contributed by atoms with Crippen molar-refractivity contribution in [3.8, 4) is 5.75 Å². The van der Waals surface area contributed by atoms with Crippen LogP contribution in [0.15, 0.2) is 47.4 Å². The fraction of sp³-hybridized carbons (Fsp3) is 0.188. The zero-order chi connectivity index (χ0) is 17.0. The molecule has 2 aromatic rings. The fourth-order valence-corrected chi connectivity index (χ4v) is 2.88. The van der Waals surface area contributed by atoms with Gasteiger partial charge in [-0.05, 0) is 24.3 Å². The van der Waals surface area contributed by atoms with Crippen molar-refractivity contribution in [3.05, 3.63) is 58.6 Å². The van der Waals surface area contributed by atoms with Crippen molar-refractivity contribution < 1.29 is 17.9 Å². The van der Waals surface area contributed by atoms with Crippen molar-refractivity contribution in [1.82, 2.24) is 5.32 Å². The molecule has 0 saturated heterocycles. The van der Waals surface area contributed by atoms with E-state index < -0.39 is 15.7 Å². The minimum absolute atomic E-state index is 0.0457. The van der Waals surface area contributed by atoms with Crippen molar-refractivity contribution in [2.24, 2.45) is 0 Å². The van der Waals surface area contributed by atoms with Gasteiger partial charge in [-0.3, -0.25) is 4.79 Å². The van der Waals surface area contributed by atoms with E-state index in [0.29, 0.717) is 5.75 Å². The van der Waals surface area contributed by atoms with Crippen molar-refractivity contribution >= 4 is 27.3 Å². The third-order valence-electron chi connectivity index (χ3n) is 3.24. The Morgan fingerprint density at radius 2 is 1.91 bits per heavy atom. The van der Waals surface area contributed by atoms with Gasteiger partial charge in [-0.15, -0.1) is 0 Å². The lowest BCUT2D eigenvalue weighted by atomic mass is 10.1. The first-order chi connectivity index (χ1) is 10.8. The van der Waals surface area contributed by atoms with Gasteiger partial charge < -0.3 is 10.1 Å².